The first-order valence-corrected chi connectivity index (χ1v) is 8.62. The Bertz CT molecular complexity index is 712. The number of aromatic hydroxyl groups is 1. The molecule has 0 aliphatic rings. The van der Waals surface area contributed by atoms with Gasteiger partial charge in [0.2, 0.25) is 0 Å². The van der Waals surface area contributed by atoms with Crippen LogP contribution < -0.4 is 5.73 Å². The maximum absolute atomic E-state index is 9.51. The van der Waals surface area contributed by atoms with Gasteiger partial charge in [0, 0.05) is 20.1 Å². The van der Waals surface area contributed by atoms with Crippen molar-refractivity contribution in [2.24, 2.45) is 10.7 Å². The summed E-state index contributed by atoms with van der Waals surface area (Å²) in [4.78, 5) is 6.50. The van der Waals surface area contributed by atoms with Gasteiger partial charge in [-0.15, -0.1) is 0 Å². The SMILES string of the molecule is CN=C(C=CN)C(OCCN(C)Cc1ccccc1)c1ccc(O)cc1. The van der Waals surface area contributed by atoms with E-state index in [1.54, 1.807) is 25.3 Å². The largest absolute Gasteiger partial charge is 0.508 e. The Hall–Kier alpha value is -2.63. The fraction of sp³-hybridized carbons (Fsp3) is 0.286. The first kappa shape index (κ1) is 19.7. The van der Waals surface area contributed by atoms with Crippen molar-refractivity contribution in [1.29, 1.82) is 0 Å². The van der Waals surface area contributed by atoms with Crippen LogP contribution in [0.4, 0.5) is 0 Å². The van der Waals surface area contributed by atoms with Crippen molar-refractivity contribution in [3.8, 4) is 5.75 Å². The maximum Gasteiger partial charge on any atom is 0.124 e. The normalized spacial score (nSPS) is 13.4. The smallest absolute Gasteiger partial charge is 0.124 e. The molecule has 0 bridgehead atoms. The number of phenolic OH excluding ortho intramolecular Hbond substituents is 1. The second kappa shape index (κ2) is 10.4. The Balaban J connectivity index is 1.99. The highest BCUT2D eigenvalue weighted by Gasteiger charge is 2.17. The van der Waals surface area contributed by atoms with E-state index in [2.05, 4.69) is 29.1 Å². The van der Waals surface area contributed by atoms with E-state index in [1.807, 2.05) is 30.3 Å². The lowest BCUT2D eigenvalue weighted by atomic mass is 10.0. The van der Waals surface area contributed by atoms with Crippen molar-refractivity contribution in [1.82, 2.24) is 4.90 Å². The summed E-state index contributed by atoms with van der Waals surface area (Å²) in [5.74, 6) is 0.222. The molecule has 2 rings (SSSR count). The van der Waals surface area contributed by atoms with Gasteiger partial charge in [0.25, 0.3) is 0 Å². The molecule has 5 nitrogen and oxygen atoms in total. The van der Waals surface area contributed by atoms with Crippen LogP contribution in [0.5, 0.6) is 5.75 Å². The molecule has 1 unspecified atom stereocenters. The summed E-state index contributed by atoms with van der Waals surface area (Å²) in [7, 11) is 3.79. The minimum atomic E-state index is -0.328. The highest BCUT2D eigenvalue weighted by Crippen LogP contribution is 2.22. The molecule has 0 radical (unpaired) electrons. The molecule has 3 N–H and O–H groups in total. The zero-order valence-corrected chi connectivity index (χ0v) is 15.4. The molecule has 5 heteroatoms. The van der Waals surface area contributed by atoms with Gasteiger partial charge < -0.3 is 15.6 Å². The van der Waals surface area contributed by atoms with E-state index in [0.29, 0.717) is 6.61 Å². The lowest BCUT2D eigenvalue weighted by Crippen LogP contribution is -2.25. The molecular weight excluding hydrogens is 326 g/mol. The summed E-state index contributed by atoms with van der Waals surface area (Å²) < 4.78 is 6.12. The standard InChI is InChI=1S/C21H27N3O2/c1-23-20(12-13-22)21(18-8-10-19(25)11-9-18)26-15-14-24(2)16-17-6-4-3-5-7-17/h3-13,21,25H,14-16,22H2,1-2H3. The van der Waals surface area contributed by atoms with Gasteiger partial charge in [-0.25, -0.2) is 0 Å². The highest BCUT2D eigenvalue weighted by molar-refractivity contribution is 5.99. The van der Waals surface area contributed by atoms with Gasteiger partial charge in [0.15, 0.2) is 0 Å². The van der Waals surface area contributed by atoms with Crippen molar-refractivity contribution >= 4 is 5.71 Å². The second-order valence-corrected chi connectivity index (χ2v) is 6.07. The van der Waals surface area contributed by atoms with E-state index in [-0.39, 0.29) is 11.9 Å². The number of ether oxygens (including phenoxy) is 1. The molecular formula is C21H27N3O2. The van der Waals surface area contributed by atoms with Gasteiger partial charge in [0.1, 0.15) is 11.9 Å². The molecule has 2 aromatic rings. The number of nitrogens with zero attached hydrogens (tertiary/aromatic N) is 2. The predicted octanol–water partition coefficient (Wildman–Crippen LogP) is 3.13. The second-order valence-electron chi connectivity index (χ2n) is 6.07. The summed E-state index contributed by atoms with van der Waals surface area (Å²) >= 11 is 0. The first-order valence-electron chi connectivity index (χ1n) is 8.62. The third kappa shape index (κ3) is 6.02. The van der Waals surface area contributed by atoms with Crippen LogP contribution in [0.1, 0.15) is 17.2 Å². The van der Waals surface area contributed by atoms with Crippen LogP contribution >= 0.6 is 0 Å². The number of hydrogen-bond acceptors (Lipinski definition) is 5. The van der Waals surface area contributed by atoms with E-state index in [9.17, 15) is 5.11 Å². The molecule has 0 saturated heterocycles. The van der Waals surface area contributed by atoms with E-state index in [1.165, 1.54) is 11.8 Å². The zero-order valence-electron chi connectivity index (χ0n) is 15.4. The Morgan fingerprint density at radius 1 is 1.19 bits per heavy atom. The molecule has 0 aliphatic carbocycles. The van der Waals surface area contributed by atoms with Crippen molar-refractivity contribution in [3.63, 3.8) is 0 Å². The Morgan fingerprint density at radius 2 is 1.88 bits per heavy atom. The van der Waals surface area contributed by atoms with Gasteiger partial charge in [-0.2, -0.15) is 0 Å². The molecule has 138 valence electrons. The summed E-state index contributed by atoms with van der Waals surface area (Å²) in [6.07, 6.45) is 2.87. The van der Waals surface area contributed by atoms with Crippen molar-refractivity contribution in [3.05, 3.63) is 78.0 Å². The molecule has 0 heterocycles. The third-order valence-corrected chi connectivity index (χ3v) is 4.04. The summed E-state index contributed by atoms with van der Waals surface area (Å²) in [5.41, 5.74) is 8.48. The van der Waals surface area contributed by atoms with Crippen molar-refractivity contribution in [2.45, 2.75) is 12.6 Å². The average molecular weight is 353 g/mol. The van der Waals surface area contributed by atoms with Crippen LogP contribution in [-0.4, -0.2) is 43.0 Å². The zero-order chi connectivity index (χ0) is 18.8. The number of likely N-dealkylation sites (N-methyl/N-ethyl adjacent to an activating group) is 1. The van der Waals surface area contributed by atoms with E-state index in [4.69, 9.17) is 10.5 Å². The number of aliphatic imine (C=N–C) groups is 1. The van der Waals surface area contributed by atoms with Crippen molar-refractivity contribution < 1.29 is 9.84 Å². The first-order chi connectivity index (χ1) is 12.6. The van der Waals surface area contributed by atoms with Gasteiger partial charge >= 0.3 is 0 Å². The molecule has 0 amide bonds. The maximum atomic E-state index is 9.51. The number of rotatable bonds is 9. The van der Waals surface area contributed by atoms with Gasteiger partial charge in [0.05, 0.1) is 12.3 Å². The summed E-state index contributed by atoms with van der Waals surface area (Å²) in [5, 5.41) is 9.51. The molecule has 26 heavy (non-hydrogen) atoms. The van der Waals surface area contributed by atoms with Crippen LogP contribution in [-0.2, 0) is 11.3 Å². The number of benzene rings is 2. The van der Waals surface area contributed by atoms with E-state index < -0.39 is 0 Å². The minimum Gasteiger partial charge on any atom is -0.508 e. The van der Waals surface area contributed by atoms with Crippen molar-refractivity contribution in [2.75, 3.05) is 27.2 Å². The van der Waals surface area contributed by atoms with E-state index >= 15 is 0 Å². The summed E-state index contributed by atoms with van der Waals surface area (Å²) in [6.45, 7) is 2.20. The topological polar surface area (TPSA) is 71.1 Å². The van der Waals surface area contributed by atoms with Gasteiger partial charge in [-0.3, -0.25) is 9.89 Å². The molecule has 0 spiro atoms. The molecule has 0 aromatic heterocycles. The fourth-order valence-electron chi connectivity index (χ4n) is 2.68. The number of nitrogens with two attached hydrogens (primary N) is 1. The Morgan fingerprint density at radius 3 is 2.50 bits per heavy atom. The van der Waals surface area contributed by atoms with Crippen LogP contribution in [0.2, 0.25) is 0 Å². The molecule has 0 fully saturated rings. The number of phenols is 1. The van der Waals surface area contributed by atoms with Gasteiger partial charge in [-0.05, 0) is 42.6 Å². The van der Waals surface area contributed by atoms with Crippen LogP contribution in [0, 0.1) is 0 Å². The molecule has 1 atom stereocenters. The lowest BCUT2D eigenvalue weighted by Gasteiger charge is -2.22. The quantitative estimate of drug-likeness (QED) is 0.680. The third-order valence-electron chi connectivity index (χ3n) is 4.04. The molecule has 0 aliphatic heterocycles. The monoisotopic (exact) mass is 353 g/mol. The lowest BCUT2D eigenvalue weighted by molar-refractivity contribution is 0.0794. The summed E-state index contributed by atoms with van der Waals surface area (Å²) in [6, 6.07) is 17.3. The highest BCUT2D eigenvalue weighted by atomic mass is 16.5. The van der Waals surface area contributed by atoms with Crippen LogP contribution in [0.3, 0.4) is 0 Å². The Kier molecular flexibility index (Phi) is 7.86. The molecule has 0 saturated carbocycles. The van der Waals surface area contributed by atoms with Crippen LogP contribution in [0.25, 0.3) is 0 Å². The number of hydrogen-bond donors (Lipinski definition) is 2. The van der Waals surface area contributed by atoms with E-state index in [0.717, 1.165) is 24.4 Å². The van der Waals surface area contributed by atoms with Crippen LogP contribution in [0.15, 0.2) is 71.9 Å². The molecule has 2 aromatic carbocycles. The predicted molar refractivity (Wildman–Crippen MR) is 106 cm³/mol. The van der Waals surface area contributed by atoms with Gasteiger partial charge in [-0.1, -0.05) is 42.5 Å². The fourth-order valence-corrected chi connectivity index (χ4v) is 2.68. The average Bonchev–Trinajstić information content (AvgIpc) is 2.65. The Labute approximate surface area is 155 Å². The minimum absolute atomic E-state index is 0.222.